The maximum atomic E-state index is 12.7. The van der Waals surface area contributed by atoms with Crippen molar-refractivity contribution >= 4 is 17.9 Å². The lowest BCUT2D eigenvalue weighted by atomic mass is 9.59. The van der Waals surface area contributed by atoms with Gasteiger partial charge in [-0.3, -0.25) is 14.4 Å². The molecule has 0 unspecified atom stereocenters. The van der Waals surface area contributed by atoms with E-state index in [1.165, 1.54) is 26.0 Å². The van der Waals surface area contributed by atoms with Crippen molar-refractivity contribution in [2.75, 3.05) is 0 Å². The lowest BCUT2D eigenvalue weighted by Crippen LogP contribution is -2.44. The highest BCUT2D eigenvalue weighted by atomic mass is 19.4. The number of aldehydes is 1. The number of hydrogen-bond donors (Lipinski definition) is 0. The van der Waals surface area contributed by atoms with Gasteiger partial charge in [-0.1, -0.05) is 18.2 Å². The molecule has 2 rings (SSSR count). The van der Waals surface area contributed by atoms with Crippen molar-refractivity contribution in [3.05, 3.63) is 47.0 Å². The Morgan fingerprint density at radius 2 is 1.67 bits per heavy atom. The second kappa shape index (κ2) is 6.34. The van der Waals surface area contributed by atoms with E-state index < -0.39 is 23.1 Å². The SMILES string of the molecule is CC(=O)C1(C(C)=O)CCC=C(C=O)[C@H]1c1ccc(C(F)(F)F)cc1. The second-order valence-electron chi connectivity index (χ2n) is 6.00. The van der Waals surface area contributed by atoms with Crippen molar-refractivity contribution in [2.24, 2.45) is 5.41 Å². The molecule has 0 N–H and O–H groups in total. The minimum absolute atomic E-state index is 0.237. The van der Waals surface area contributed by atoms with Gasteiger partial charge in [0.1, 0.15) is 17.9 Å². The molecule has 0 aliphatic heterocycles. The molecular weight excluding hydrogens is 321 g/mol. The molecule has 0 radical (unpaired) electrons. The predicted molar refractivity (Wildman–Crippen MR) is 81.4 cm³/mol. The van der Waals surface area contributed by atoms with Gasteiger partial charge in [-0.2, -0.15) is 13.2 Å². The number of rotatable bonds is 4. The van der Waals surface area contributed by atoms with Gasteiger partial charge < -0.3 is 0 Å². The molecule has 0 saturated heterocycles. The van der Waals surface area contributed by atoms with Crippen LogP contribution in [0, 0.1) is 5.41 Å². The first-order chi connectivity index (χ1) is 11.1. The third kappa shape index (κ3) is 2.92. The first kappa shape index (κ1) is 18.1. The van der Waals surface area contributed by atoms with Crippen LogP contribution in [0.15, 0.2) is 35.9 Å². The molecule has 6 heteroatoms. The number of allylic oxidation sites excluding steroid dienone is 2. The largest absolute Gasteiger partial charge is 0.416 e. The van der Waals surface area contributed by atoms with Crippen molar-refractivity contribution in [3.63, 3.8) is 0 Å². The fraction of sp³-hybridized carbons (Fsp3) is 0.389. The lowest BCUT2D eigenvalue weighted by molar-refractivity contribution is -0.141. The topological polar surface area (TPSA) is 51.2 Å². The quantitative estimate of drug-likeness (QED) is 0.618. The summed E-state index contributed by atoms with van der Waals surface area (Å²) in [6, 6.07) is 4.27. The summed E-state index contributed by atoms with van der Waals surface area (Å²) >= 11 is 0. The van der Waals surface area contributed by atoms with E-state index in [-0.39, 0.29) is 23.6 Å². The van der Waals surface area contributed by atoms with E-state index in [1.54, 1.807) is 6.08 Å². The van der Waals surface area contributed by atoms with Gasteiger partial charge in [-0.25, -0.2) is 0 Å². The monoisotopic (exact) mass is 338 g/mol. The van der Waals surface area contributed by atoms with E-state index >= 15 is 0 Å². The Morgan fingerprint density at radius 1 is 1.12 bits per heavy atom. The van der Waals surface area contributed by atoms with Crippen LogP contribution >= 0.6 is 0 Å². The summed E-state index contributed by atoms with van der Waals surface area (Å²) < 4.78 is 38.2. The maximum Gasteiger partial charge on any atom is 0.416 e. The Kier molecular flexibility index (Phi) is 4.78. The normalized spacial score (nSPS) is 20.2. The van der Waals surface area contributed by atoms with Crippen molar-refractivity contribution in [1.82, 2.24) is 0 Å². The Morgan fingerprint density at radius 3 is 2.08 bits per heavy atom. The second-order valence-corrected chi connectivity index (χ2v) is 6.00. The van der Waals surface area contributed by atoms with Gasteiger partial charge in [0.25, 0.3) is 0 Å². The molecule has 128 valence electrons. The number of hydrogen-bond acceptors (Lipinski definition) is 3. The van der Waals surface area contributed by atoms with Crippen molar-refractivity contribution in [2.45, 2.75) is 38.8 Å². The van der Waals surface area contributed by atoms with E-state index in [1.807, 2.05) is 0 Å². The molecule has 1 aliphatic rings. The lowest BCUT2D eigenvalue weighted by Gasteiger charge is -2.40. The molecule has 0 heterocycles. The fourth-order valence-corrected chi connectivity index (χ4v) is 3.48. The number of carbonyl (C=O) groups is 3. The summed E-state index contributed by atoms with van der Waals surface area (Å²) in [6.45, 7) is 2.57. The fourth-order valence-electron chi connectivity index (χ4n) is 3.48. The highest BCUT2D eigenvalue weighted by Crippen LogP contribution is 2.49. The average molecular weight is 338 g/mol. The molecule has 1 aliphatic carbocycles. The average Bonchev–Trinajstić information content (AvgIpc) is 2.52. The smallest absolute Gasteiger partial charge is 0.299 e. The van der Waals surface area contributed by atoms with Crippen LogP contribution in [0.4, 0.5) is 13.2 Å². The third-order valence-corrected chi connectivity index (χ3v) is 4.71. The highest BCUT2D eigenvalue weighted by Gasteiger charge is 2.50. The Labute approximate surface area is 137 Å². The van der Waals surface area contributed by atoms with Crippen molar-refractivity contribution in [3.8, 4) is 0 Å². The van der Waals surface area contributed by atoms with Gasteiger partial charge in [-0.05, 0) is 50.0 Å². The molecule has 0 spiro atoms. The molecule has 0 fully saturated rings. The maximum absolute atomic E-state index is 12.7. The van der Waals surface area contributed by atoms with Gasteiger partial charge in [0.2, 0.25) is 0 Å². The van der Waals surface area contributed by atoms with Gasteiger partial charge in [0.05, 0.1) is 11.0 Å². The van der Waals surface area contributed by atoms with E-state index in [4.69, 9.17) is 0 Å². The van der Waals surface area contributed by atoms with E-state index in [0.29, 0.717) is 18.3 Å². The number of benzene rings is 1. The molecular formula is C18H17F3O3. The molecule has 1 aromatic carbocycles. The van der Waals surface area contributed by atoms with Crippen LogP contribution in [-0.4, -0.2) is 17.9 Å². The number of ketones is 2. The molecule has 0 aromatic heterocycles. The summed E-state index contributed by atoms with van der Waals surface area (Å²) in [7, 11) is 0. The number of halogens is 3. The molecule has 1 atom stereocenters. The van der Waals surface area contributed by atoms with E-state index in [2.05, 4.69) is 0 Å². The van der Waals surface area contributed by atoms with Gasteiger partial charge >= 0.3 is 6.18 Å². The van der Waals surface area contributed by atoms with E-state index in [9.17, 15) is 27.6 Å². The molecule has 0 bridgehead atoms. The number of Topliss-reactive ketones (excluding diaryl/α,β-unsaturated/α-hetero) is 2. The summed E-state index contributed by atoms with van der Waals surface area (Å²) in [6.07, 6.45) is -1.64. The molecule has 24 heavy (non-hydrogen) atoms. The molecule has 0 amide bonds. The van der Waals surface area contributed by atoms with Crippen LogP contribution in [0.2, 0.25) is 0 Å². The van der Waals surface area contributed by atoms with Gasteiger partial charge in [0, 0.05) is 5.92 Å². The first-order valence-corrected chi connectivity index (χ1v) is 7.49. The van der Waals surface area contributed by atoms with Crippen LogP contribution in [0.3, 0.4) is 0 Å². The molecule has 3 nitrogen and oxygen atoms in total. The first-order valence-electron chi connectivity index (χ1n) is 7.49. The summed E-state index contributed by atoms with van der Waals surface area (Å²) in [5.41, 5.74) is -1.63. The van der Waals surface area contributed by atoms with Gasteiger partial charge in [0.15, 0.2) is 0 Å². The zero-order valence-corrected chi connectivity index (χ0v) is 13.3. The summed E-state index contributed by atoms with van der Waals surface area (Å²) in [5.74, 6) is -1.62. The van der Waals surface area contributed by atoms with Crippen LogP contribution in [0.5, 0.6) is 0 Å². The van der Waals surface area contributed by atoms with E-state index in [0.717, 1.165) is 12.1 Å². The Hall–Kier alpha value is -2.24. The van der Waals surface area contributed by atoms with Crippen LogP contribution in [-0.2, 0) is 20.6 Å². The van der Waals surface area contributed by atoms with Crippen molar-refractivity contribution in [1.29, 1.82) is 0 Å². The van der Waals surface area contributed by atoms with Crippen molar-refractivity contribution < 1.29 is 27.6 Å². The predicted octanol–water partition coefficient (Wildman–Crippen LogP) is 3.87. The molecule has 0 saturated carbocycles. The third-order valence-electron chi connectivity index (χ3n) is 4.71. The highest BCUT2D eigenvalue weighted by molar-refractivity contribution is 6.07. The summed E-state index contributed by atoms with van der Waals surface area (Å²) in [4.78, 5) is 36.0. The zero-order chi connectivity index (χ0) is 18.1. The van der Waals surface area contributed by atoms with Crippen LogP contribution in [0.1, 0.15) is 43.7 Å². The molecule has 1 aromatic rings. The number of alkyl halides is 3. The standard InChI is InChI=1S/C18H17F3O3/c1-11(23)17(12(2)24)9-3-4-14(10-22)16(17)13-5-7-15(8-6-13)18(19,20)21/h4-8,10,16H,3,9H2,1-2H3/t16-/m1/s1. The minimum atomic E-state index is -4.48. The Bertz CT molecular complexity index is 685. The summed E-state index contributed by atoms with van der Waals surface area (Å²) in [5, 5.41) is 0. The van der Waals surface area contributed by atoms with Crippen LogP contribution in [0.25, 0.3) is 0 Å². The number of carbonyl (C=O) groups excluding carboxylic acids is 3. The Balaban J connectivity index is 2.62. The van der Waals surface area contributed by atoms with Gasteiger partial charge in [-0.15, -0.1) is 0 Å². The minimum Gasteiger partial charge on any atom is -0.299 e. The van der Waals surface area contributed by atoms with Crippen LogP contribution < -0.4 is 0 Å². The zero-order valence-electron chi connectivity index (χ0n) is 13.3.